The van der Waals surface area contributed by atoms with E-state index in [0.29, 0.717) is 0 Å². The molecule has 1 aromatic carbocycles. The molecule has 1 unspecified atom stereocenters. The Morgan fingerprint density at radius 1 is 1.26 bits per heavy atom. The molecule has 0 spiro atoms. The fourth-order valence-corrected chi connectivity index (χ4v) is 2.24. The molecule has 0 aliphatic rings. The number of hydrogen-bond acceptors (Lipinski definition) is 2. The van der Waals surface area contributed by atoms with Crippen molar-refractivity contribution >= 4 is 11.6 Å². The Morgan fingerprint density at radius 3 is 2.74 bits per heavy atom. The molecule has 1 N–H and O–H groups in total. The van der Waals surface area contributed by atoms with E-state index in [9.17, 15) is 0 Å². The van der Waals surface area contributed by atoms with E-state index < -0.39 is 0 Å². The molecular formula is C16H19ClN2. The first kappa shape index (κ1) is 14.0. The summed E-state index contributed by atoms with van der Waals surface area (Å²) in [5, 5.41) is 4.36. The fraction of sp³-hybridized carbons (Fsp3) is 0.312. The lowest BCUT2D eigenvalue weighted by Gasteiger charge is -2.19. The minimum Gasteiger partial charge on any atom is -0.306 e. The molecule has 0 bridgehead atoms. The lowest BCUT2D eigenvalue weighted by atomic mass is 9.99. The maximum absolute atomic E-state index is 6.24. The predicted octanol–water partition coefficient (Wildman–Crippen LogP) is 4.13. The van der Waals surface area contributed by atoms with Gasteiger partial charge in [-0.05, 0) is 48.7 Å². The van der Waals surface area contributed by atoms with Crippen LogP contribution in [-0.2, 0) is 0 Å². The molecule has 1 heterocycles. The Hall–Kier alpha value is -1.38. The van der Waals surface area contributed by atoms with E-state index in [2.05, 4.69) is 35.4 Å². The molecule has 2 rings (SSSR count). The highest BCUT2D eigenvalue weighted by Crippen LogP contribution is 2.25. The van der Waals surface area contributed by atoms with Gasteiger partial charge in [0, 0.05) is 17.4 Å². The number of nitrogens with zero attached hydrogens (tertiary/aromatic N) is 1. The van der Waals surface area contributed by atoms with E-state index in [1.807, 2.05) is 25.3 Å². The molecule has 2 nitrogen and oxygen atoms in total. The van der Waals surface area contributed by atoms with Gasteiger partial charge in [-0.15, -0.1) is 0 Å². The number of halogens is 1. The third kappa shape index (κ3) is 3.55. The van der Waals surface area contributed by atoms with E-state index in [1.54, 1.807) is 6.20 Å². The second-order valence-electron chi connectivity index (χ2n) is 4.68. The summed E-state index contributed by atoms with van der Waals surface area (Å²) in [6.07, 6.45) is 4.79. The third-order valence-corrected chi connectivity index (χ3v) is 3.55. The molecule has 1 aromatic heterocycles. The van der Waals surface area contributed by atoms with Crippen LogP contribution < -0.4 is 5.32 Å². The highest BCUT2D eigenvalue weighted by atomic mass is 35.5. The number of aryl methyl sites for hydroxylation is 1. The molecule has 0 fully saturated rings. The van der Waals surface area contributed by atoms with Gasteiger partial charge in [0.25, 0.3) is 0 Å². The number of aromatic nitrogens is 1. The van der Waals surface area contributed by atoms with Crippen LogP contribution in [0, 0.1) is 6.92 Å². The van der Waals surface area contributed by atoms with Crippen LogP contribution in [0.5, 0.6) is 0 Å². The van der Waals surface area contributed by atoms with Crippen molar-refractivity contribution in [2.75, 3.05) is 6.54 Å². The van der Waals surface area contributed by atoms with Crippen LogP contribution in [-0.4, -0.2) is 11.5 Å². The van der Waals surface area contributed by atoms with Crippen molar-refractivity contribution in [3.63, 3.8) is 0 Å². The summed E-state index contributed by atoms with van der Waals surface area (Å²) in [4.78, 5) is 4.21. The maximum Gasteiger partial charge on any atom is 0.0592 e. The molecular weight excluding hydrogens is 256 g/mol. The Balaban J connectivity index is 2.34. The summed E-state index contributed by atoms with van der Waals surface area (Å²) in [6.45, 7) is 5.14. The van der Waals surface area contributed by atoms with E-state index in [1.165, 1.54) is 5.56 Å². The van der Waals surface area contributed by atoms with Crippen LogP contribution in [0.4, 0.5) is 0 Å². The van der Waals surface area contributed by atoms with Crippen molar-refractivity contribution in [2.45, 2.75) is 26.3 Å². The summed E-state index contributed by atoms with van der Waals surface area (Å²) < 4.78 is 0. The Labute approximate surface area is 119 Å². The number of pyridine rings is 1. The van der Waals surface area contributed by atoms with Gasteiger partial charge in [-0.25, -0.2) is 0 Å². The molecule has 0 radical (unpaired) electrons. The molecule has 3 heteroatoms. The van der Waals surface area contributed by atoms with Crippen LogP contribution >= 0.6 is 11.6 Å². The second-order valence-corrected chi connectivity index (χ2v) is 5.09. The molecule has 0 aliphatic heterocycles. The van der Waals surface area contributed by atoms with Gasteiger partial charge in [0.15, 0.2) is 0 Å². The number of benzene rings is 1. The zero-order chi connectivity index (χ0) is 13.7. The van der Waals surface area contributed by atoms with Crippen molar-refractivity contribution in [3.8, 4) is 0 Å². The predicted molar refractivity (Wildman–Crippen MR) is 80.6 cm³/mol. The van der Waals surface area contributed by atoms with Gasteiger partial charge in [-0.2, -0.15) is 0 Å². The van der Waals surface area contributed by atoms with Gasteiger partial charge in [-0.1, -0.05) is 36.7 Å². The summed E-state index contributed by atoms with van der Waals surface area (Å²) in [7, 11) is 0. The standard InChI is InChI=1S/C16H19ClN2/c1-3-8-19-16(14-5-4-9-18-11-14)13-7-6-12(2)15(17)10-13/h4-7,9-11,16,19H,3,8H2,1-2H3. The zero-order valence-corrected chi connectivity index (χ0v) is 12.1. The summed E-state index contributed by atoms with van der Waals surface area (Å²) in [5.41, 5.74) is 3.44. The van der Waals surface area contributed by atoms with Crippen molar-refractivity contribution < 1.29 is 0 Å². The molecule has 0 aliphatic carbocycles. The highest BCUT2D eigenvalue weighted by molar-refractivity contribution is 6.31. The molecule has 2 aromatic rings. The molecule has 0 amide bonds. The topological polar surface area (TPSA) is 24.9 Å². The first-order valence-electron chi connectivity index (χ1n) is 6.61. The van der Waals surface area contributed by atoms with Gasteiger partial charge in [-0.3, -0.25) is 4.98 Å². The van der Waals surface area contributed by atoms with Crippen LogP contribution in [0.3, 0.4) is 0 Å². The average Bonchev–Trinajstić information content (AvgIpc) is 2.44. The smallest absolute Gasteiger partial charge is 0.0592 e. The average molecular weight is 275 g/mol. The third-order valence-electron chi connectivity index (χ3n) is 3.15. The van der Waals surface area contributed by atoms with Crippen LogP contribution in [0.25, 0.3) is 0 Å². The lowest BCUT2D eigenvalue weighted by Crippen LogP contribution is -2.23. The van der Waals surface area contributed by atoms with Gasteiger partial charge >= 0.3 is 0 Å². The Kier molecular flexibility index (Phi) is 4.94. The quantitative estimate of drug-likeness (QED) is 0.887. The first-order chi connectivity index (χ1) is 9.22. The van der Waals surface area contributed by atoms with Crippen molar-refractivity contribution in [2.24, 2.45) is 0 Å². The van der Waals surface area contributed by atoms with Crippen molar-refractivity contribution in [3.05, 3.63) is 64.4 Å². The molecule has 0 saturated heterocycles. The van der Waals surface area contributed by atoms with E-state index in [0.717, 1.165) is 29.1 Å². The number of nitrogens with one attached hydrogen (secondary N) is 1. The van der Waals surface area contributed by atoms with Crippen molar-refractivity contribution in [1.82, 2.24) is 10.3 Å². The normalized spacial score (nSPS) is 12.4. The second kappa shape index (κ2) is 6.69. The van der Waals surface area contributed by atoms with Crippen LogP contribution in [0.2, 0.25) is 5.02 Å². The summed E-state index contributed by atoms with van der Waals surface area (Å²) in [6, 6.07) is 10.4. The lowest BCUT2D eigenvalue weighted by molar-refractivity contribution is 0.597. The monoisotopic (exact) mass is 274 g/mol. The minimum absolute atomic E-state index is 0.145. The zero-order valence-electron chi connectivity index (χ0n) is 11.4. The Bertz CT molecular complexity index is 526. The van der Waals surface area contributed by atoms with Gasteiger partial charge in [0.2, 0.25) is 0 Å². The highest BCUT2D eigenvalue weighted by Gasteiger charge is 2.14. The van der Waals surface area contributed by atoms with Crippen LogP contribution in [0.1, 0.15) is 36.1 Å². The van der Waals surface area contributed by atoms with Crippen LogP contribution in [0.15, 0.2) is 42.7 Å². The maximum atomic E-state index is 6.24. The molecule has 19 heavy (non-hydrogen) atoms. The fourth-order valence-electron chi connectivity index (χ4n) is 2.05. The summed E-state index contributed by atoms with van der Waals surface area (Å²) in [5.74, 6) is 0. The molecule has 1 atom stereocenters. The summed E-state index contributed by atoms with van der Waals surface area (Å²) >= 11 is 6.24. The SMILES string of the molecule is CCCNC(c1cccnc1)c1ccc(C)c(Cl)c1. The number of rotatable bonds is 5. The molecule has 0 saturated carbocycles. The van der Waals surface area contributed by atoms with E-state index >= 15 is 0 Å². The van der Waals surface area contributed by atoms with E-state index in [4.69, 9.17) is 11.6 Å². The largest absolute Gasteiger partial charge is 0.306 e. The minimum atomic E-state index is 0.145. The van der Waals surface area contributed by atoms with Crippen molar-refractivity contribution in [1.29, 1.82) is 0 Å². The van der Waals surface area contributed by atoms with Gasteiger partial charge < -0.3 is 5.32 Å². The van der Waals surface area contributed by atoms with Gasteiger partial charge in [0.05, 0.1) is 6.04 Å². The first-order valence-corrected chi connectivity index (χ1v) is 6.99. The van der Waals surface area contributed by atoms with Gasteiger partial charge in [0.1, 0.15) is 0 Å². The molecule has 100 valence electrons. The number of hydrogen-bond donors (Lipinski definition) is 1. The van der Waals surface area contributed by atoms with E-state index in [-0.39, 0.29) is 6.04 Å². The Morgan fingerprint density at radius 2 is 2.11 bits per heavy atom.